The monoisotopic (exact) mass is 388 g/mol. The minimum absolute atomic E-state index is 0.0761. The molecule has 0 saturated carbocycles. The summed E-state index contributed by atoms with van der Waals surface area (Å²) < 4.78 is 52.3. The molecule has 0 bridgehead atoms. The van der Waals surface area contributed by atoms with E-state index in [4.69, 9.17) is 9.47 Å². The van der Waals surface area contributed by atoms with Crippen LogP contribution in [0.25, 0.3) is 0 Å². The van der Waals surface area contributed by atoms with E-state index in [9.17, 15) is 13.2 Å². The van der Waals surface area contributed by atoms with Crippen molar-refractivity contribution in [1.29, 1.82) is 0 Å². The molecule has 1 unspecified atom stereocenters. The Kier molecular flexibility index (Phi) is 11.0. The lowest BCUT2D eigenvalue weighted by Crippen LogP contribution is -2.42. The Balaban J connectivity index is 2.89. The summed E-state index contributed by atoms with van der Waals surface area (Å²) in [7, 11) is 0. The van der Waals surface area contributed by atoms with Crippen molar-refractivity contribution in [1.82, 2.24) is 0 Å². The molecule has 0 amide bonds. The topological polar surface area (TPSA) is 18.5 Å². The van der Waals surface area contributed by atoms with E-state index in [1.165, 1.54) is 25.7 Å². The second-order valence-electron chi connectivity index (χ2n) is 7.21. The summed E-state index contributed by atoms with van der Waals surface area (Å²) in [6.07, 6.45) is 8.16. The van der Waals surface area contributed by atoms with Crippen molar-refractivity contribution in [3.8, 4) is 0 Å². The minimum Gasteiger partial charge on any atom is -0.350 e. The van der Waals surface area contributed by atoms with Gasteiger partial charge in [0, 0.05) is 19.1 Å². The summed E-state index contributed by atoms with van der Waals surface area (Å²) >= 11 is 0. The molecule has 156 valence electrons. The molecule has 1 atom stereocenters. The van der Waals surface area contributed by atoms with Gasteiger partial charge >= 0.3 is 0 Å². The molecule has 0 heterocycles. The van der Waals surface area contributed by atoms with Crippen molar-refractivity contribution in [3.05, 3.63) is 35.1 Å². The van der Waals surface area contributed by atoms with Gasteiger partial charge < -0.3 is 9.47 Å². The summed E-state index contributed by atoms with van der Waals surface area (Å²) in [6, 6.07) is 2.15. The molecule has 0 aliphatic carbocycles. The van der Waals surface area contributed by atoms with Crippen LogP contribution in [0.5, 0.6) is 0 Å². The summed E-state index contributed by atoms with van der Waals surface area (Å²) in [5.41, 5.74) is 0.424. The van der Waals surface area contributed by atoms with Crippen LogP contribution in [0.15, 0.2) is 12.1 Å². The molecular formula is C22H35F3O2. The third-order valence-corrected chi connectivity index (χ3v) is 5.04. The van der Waals surface area contributed by atoms with Gasteiger partial charge in [0.2, 0.25) is 0 Å². The molecular weight excluding hydrogens is 353 g/mol. The fourth-order valence-electron chi connectivity index (χ4n) is 3.58. The van der Waals surface area contributed by atoms with E-state index in [2.05, 4.69) is 6.92 Å². The lowest BCUT2D eigenvalue weighted by Gasteiger charge is -2.37. The number of rotatable bonds is 14. The fourth-order valence-corrected chi connectivity index (χ4v) is 3.58. The van der Waals surface area contributed by atoms with Gasteiger partial charge in [-0.1, -0.05) is 45.4 Å². The molecule has 0 aliphatic rings. The Morgan fingerprint density at radius 1 is 0.852 bits per heavy atom. The van der Waals surface area contributed by atoms with Gasteiger partial charge in [-0.3, -0.25) is 0 Å². The average Bonchev–Trinajstić information content (AvgIpc) is 2.61. The molecule has 0 radical (unpaired) electrons. The van der Waals surface area contributed by atoms with E-state index < -0.39 is 23.2 Å². The molecule has 0 saturated heterocycles. The summed E-state index contributed by atoms with van der Waals surface area (Å²) in [4.78, 5) is 0. The van der Waals surface area contributed by atoms with Gasteiger partial charge in [0.05, 0.1) is 0 Å². The van der Waals surface area contributed by atoms with E-state index in [0.717, 1.165) is 31.4 Å². The number of benzene rings is 1. The largest absolute Gasteiger partial charge is 0.350 e. The first-order chi connectivity index (χ1) is 12.9. The Morgan fingerprint density at radius 2 is 1.37 bits per heavy atom. The number of unbranched alkanes of at least 4 members (excludes halogenated alkanes) is 5. The molecule has 0 aromatic heterocycles. The zero-order valence-corrected chi connectivity index (χ0v) is 17.3. The molecule has 27 heavy (non-hydrogen) atoms. The van der Waals surface area contributed by atoms with Crippen molar-refractivity contribution in [2.24, 2.45) is 5.92 Å². The fraction of sp³-hybridized carbons (Fsp3) is 0.727. The van der Waals surface area contributed by atoms with Crippen molar-refractivity contribution >= 4 is 0 Å². The quantitative estimate of drug-likeness (QED) is 0.198. The van der Waals surface area contributed by atoms with Crippen molar-refractivity contribution in [2.45, 2.75) is 84.8 Å². The van der Waals surface area contributed by atoms with Crippen molar-refractivity contribution < 1.29 is 22.6 Å². The highest BCUT2D eigenvalue weighted by molar-refractivity contribution is 5.20. The number of halogens is 3. The molecule has 1 aromatic rings. The van der Waals surface area contributed by atoms with E-state index in [-0.39, 0.29) is 5.92 Å². The Hall–Kier alpha value is -1.07. The molecule has 5 heteroatoms. The maximum Gasteiger partial charge on any atom is 0.194 e. The number of ether oxygens (including phenoxy) is 2. The third kappa shape index (κ3) is 7.82. The molecule has 1 aromatic carbocycles. The van der Waals surface area contributed by atoms with Crippen LogP contribution in [0.2, 0.25) is 0 Å². The second-order valence-corrected chi connectivity index (χ2v) is 7.21. The Labute approximate surface area is 162 Å². The van der Waals surface area contributed by atoms with Gasteiger partial charge in [0.1, 0.15) is 0 Å². The highest BCUT2D eigenvalue weighted by Crippen LogP contribution is 2.32. The second kappa shape index (κ2) is 12.4. The van der Waals surface area contributed by atoms with Crippen LogP contribution >= 0.6 is 0 Å². The lowest BCUT2D eigenvalue weighted by molar-refractivity contribution is -0.253. The van der Waals surface area contributed by atoms with Crippen LogP contribution in [0.4, 0.5) is 13.2 Å². The Morgan fingerprint density at radius 3 is 1.89 bits per heavy atom. The van der Waals surface area contributed by atoms with Gasteiger partial charge in [-0.25, -0.2) is 13.2 Å². The van der Waals surface area contributed by atoms with Crippen LogP contribution in [0.1, 0.15) is 78.2 Å². The molecule has 0 spiro atoms. The first-order valence-electron chi connectivity index (χ1n) is 10.3. The molecule has 0 fully saturated rings. The van der Waals surface area contributed by atoms with E-state index in [1.54, 1.807) is 0 Å². The van der Waals surface area contributed by atoms with Crippen LogP contribution < -0.4 is 0 Å². The van der Waals surface area contributed by atoms with E-state index >= 15 is 0 Å². The van der Waals surface area contributed by atoms with Gasteiger partial charge in [-0.05, 0) is 51.3 Å². The number of hydrogen-bond donors (Lipinski definition) is 0. The van der Waals surface area contributed by atoms with Gasteiger partial charge in [0.25, 0.3) is 0 Å². The lowest BCUT2D eigenvalue weighted by atomic mass is 9.86. The SMILES string of the molecule is CCCCCCCCC(Cc1cc(F)c(F)c(F)c1)C(C)(OCC)OCC. The standard InChI is InChI=1S/C22H35F3O2/c1-5-8-9-10-11-12-13-18(22(4,26-6-2)27-7-3)14-17-15-19(23)21(25)20(24)16-17/h15-16,18H,5-14H2,1-4H3. The van der Waals surface area contributed by atoms with E-state index in [1.807, 2.05) is 20.8 Å². The predicted molar refractivity (Wildman–Crippen MR) is 103 cm³/mol. The third-order valence-electron chi connectivity index (χ3n) is 5.04. The maximum atomic E-state index is 13.6. The molecule has 1 rings (SSSR count). The zero-order valence-electron chi connectivity index (χ0n) is 17.3. The maximum absolute atomic E-state index is 13.6. The first-order valence-corrected chi connectivity index (χ1v) is 10.3. The summed E-state index contributed by atoms with van der Waals surface area (Å²) in [5, 5.41) is 0. The summed E-state index contributed by atoms with van der Waals surface area (Å²) in [5.74, 6) is -4.65. The van der Waals surface area contributed by atoms with Crippen LogP contribution in [-0.2, 0) is 15.9 Å². The highest BCUT2D eigenvalue weighted by Gasteiger charge is 2.35. The highest BCUT2D eigenvalue weighted by atomic mass is 19.2. The van der Waals surface area contributed by atoms with Crippen LogP contribution in [0, 0.1) is 23.4 Å². The van der Waals surface area contributed by atoms with Gasteiger partial charge in [-0.15, -0.1) is 0 Å². The smallest absolute Gasteiger partial charge is 0.194 e. The van der Waals surface area contributed by atoms with Crippen molar-refractivity contribution in [3.63, 3.8) is 0 Å². The minimum atomic E-state index is -1.43. The van der Waals surface area contributed by atoms with Gasteiger partial charge in [-0.2, -0.15) is 0 Å². The Bertz CT molecular complexity index is 519. The zero-order chi connectivity index (χ0) is 20.3. The van der Waals surface area contributed by atoms with Crippen molar-refractivity contribution in [2.75, 3.05) is 13.2 Å². The normalized spacial score (nSPS) is 13.1. The summed E-state index contributed by atoms with van der Waals surface area (Å²) in [6.45, 7) is 8.84. The first kappa shape index (κ1) is 24.0. The molecule has 0 N–H and O–H groups in total. The van der Waals surface area contributed by atoms with Gasteiger partial charge in [0.15, 0.2) is 23.2 Å². The molecule has 0 aliphatic heterocycles. The van der Waals surface area contributed by atoms with E-state index in [0.29, 0.717) is 25.2 Å². The van der Waals surface area contributed by atoms with Crippen LogP contribution in [-0.4, -0.2) is 19.0 Å². The molecule has 2 nitrogen and oxygen atoms in total. The average molecular weight is 389 g/mol. The van der Waals surface area contributed by atoms with Crippen LogP contribution in [0.3, 0.4) is 0 Å². The number of hydrogen-bond acceptors (Lipinski definition) is 2. The predicted octanol–water partition coefficient (Wildman–Crippen LogP) is 6.80.